The summed E-state index contributed by atoms with van der Waals surface area (Å²) in [6, 6.07) is 26.1. The molecule has 252 valence electrons. The van der Waals surface area contributed by atoms with Gasteiger partial charge < -0.3 is 9.84 Å². The van der Waals surface area contributed by atoms with Crippen LogP contribution in [0.3, 0.4) is 0 Å². The van der Waals surface area contributed by atoms with Gasteiger partial charge in [-0.1, -0.05) is 71.7 Å². The van der Waals surface area contributed by atoms with Crippen LogP contribution in [0, 0.1) is 5.92 Å². The molecule has 50 heavy (non-hydrogen) atoms. The zero-order chi connectivity index (χ0) is 34.9. The van der Waals surface area contributed by atoms with Crippen molar-refractivity contribution < 1.29 is 19.4 Å². The van der Waals surface area contributed by atoms with Crippen molar-refractivity contribution in [1.29, 1.82) is 0 Å². The second-order valence-electron chi connectivity index (χ2n) is 12.5. The second-order valence-corrected chi connectivity index (χ2v) is 13.4. The number of fused-ring (bicyclic) bond motifs is 4. The number of carbonyl (C=O) groups excluding carboxylic acids is 2. The maximum Gasteiger partial charge on any atom is 0.352 e. The summed E-state index contributed by atoms with van der Waals surface area (Å²) in [5, 5.41) is 12.3. The third kappa shape index (κ3) is 4.57. The van der Waals surface area contributed by atoms with Crippen molar-refractivity contribution in [3.05, 3.63) is 151 Å². The molecular formula is C37H29Cl2N5O6. The van der Waals surface area contributed by atoms with E-state index in [1.54, 1.807) is 84.9 Å². The smallest absolute Gasteiger partial charge is 0.352 e. The number of aromatic hydroxyl groups is 1. The van der Waals surface area contributed by atoms with E-state index < -0.39 is 46.5 Å². The number of amides is 2. The zero-order valence-corrected chi connectivity index (χ0v) is 28.0. The number of imide groups is 1. The highest BCUT2D eigenvalue weighted by atomic mass is 35.5. The van der Waals surface area contributed by atoms with Gasteiger partial charge in [0.25, 0.3) is 11.8 Å². The predicted octanol–water partition coefficient (Wildman–Crippen LogP) is 5.44. The number of ether oxygens (including phenoxy) is 1. The summed E-state index contributed by atoms with van der Waals surface area (Å²) < 4.78 is 9.32. The summed E-state index contributed by atoms with van der Waals surface area (Å²) in [4.78, 5) is 58.0. The molecule has 2 amide bonds. The molecular weight excluding hydrogens is 681 g/mol. The Balaban J connectivity index is 1.38. The first-order valence-corrected chi connectivity index (χ1v) is 16.6. The Hall–Kier alpha value is -5.52. The highest BCUT2D eigenvalue weighted by Crippen LogP contribution is 2.62. The lowest BCUT2D eigenvalue weighted by molar-refractivity contribution is -0.138. The van der Waals surface area contributed by atoms with Crippen molar-refractivity contribution in [2.45, 2.75) is 30.3 Å². The van der Waals surface area contributed by atoms with Crippen LogP contribution in [0.5, 0.6) is 11.5 Å². The molecule has 2 N–H and O–H groups in total. The van der Waals surface area contributed by atoms with Gasteiger partial charge in [-0.25, -0.2) is 23.5 Å². The van der Waals surface area contributed by atoms with Gasteiger partial charge in [-0.05, 0) is 77.7 Å². The number of nitrogens with one attached hydrogen (secondary N) is 1. The molecule has 1 saturated heterocycles. The number of hydrogen-bond donors (Lipinski definition) is 2. The molecule has 4 unspecified atom stereocenters. The number of anilines is 1. The lowest BCUT2D eigenvalue weighted by Crippen LogP contribution is -2.53. The van der Waals surface area contributed by atoms with Crippen LogP contribution in [-0.4, -0.2) is 43.0 Å². The van der Waals surface area contributed by atoms with Crippen LogP contribution in [-0.2, 0) is 21.5 Å². The molecule has 3 aliphatic rings. The van der Waals surface area contributed by atoms with E-state index in [0.717, 1.165) is 9.58 Å². The molecule has 4 atom stereocenters. The maximum absolute atomic E-state index is 15.2. The molecule has 5 aromatic rings. The minimum atomic E-state index is -1.56. The van der Waals surface area contributed by atoms with E-state index in [-0.39, 0.29) is 29.4 Å². The molecule has 13 heteroatoms. The van der Waals surface area contributed by atoms with Crippen LogP contribution in [0.25, 0.3) is 5.69 Å². The number of para-hydroxylation sites is 1. The standard InChI is InChI=1S/C37H29Cl2N5O6/c1-50-26-13-10-22(11-14-26)37-28(33(46)43(34(37)47)40-30-15-12-23(38)19-29(30)39)20-31-27(32(37)21-6-5-9-25(45)18-21)16-17-41-35(48)42(36(49)44(31)41)24-7-3-2-4-8-24/h2-16,18-19,28,31-32,40,45H,17,20H2,1H3. The molecule has 1 saturated carbocycles. The van der Waals surface area contributed by atoms with E-state index in [1.807, 2.05) is 6.08 Å². The fraction of sp³-hybridized carbons (Fsp3) is 0.189. The number of hydrogen-bond acceptors (Lipinski definition) is 7. The second kappa shape index (κ2) is 11.8. The number of rotatable bonds is 6. The Morgan fingerprint density at radius 2 is 1.64 bits per heavy atom. The van der Waals surface area contributed by atoms with E-state index in [1.165, 1.54) is 28.6 Å². The summed E-state index contributed by atoms with van der Waals surface area (Å²) >= 11 is 12.6. The number of aromatic nitrogens is 3. The first kappa shape index (κ1) is 31.7. The van der Waals surface area contributed by atoms with Crippen molar-refractivity contribution in [2.75, 3.05) is 12.5 Å². The van der Waals surface area contributed by atoms with Crippen LogP contribution in [0.2, 0.25) is 10.0 Å². The molecule has 2 aliphatic heterocycles. The highest BCUT2D eigenvalue weighted by Gasteiger charge is 2.68. The van der Waals surface area contributed by atoms with E-state index in [2.05, 4.69) is 5.43 Å². The van der Waals surface area contributed by atoms with Crippen molar-refractivity contribution in [1.82, 2.24) is 18.9 Å². The number of hydrazine groups is 1. The summed E-state index contributed by atoms with van der Waals surface area (Å²) in [6.45, 7) is 0.0445. The SMILES string of the molecule is COc1ccc(C23C(=O)N(Nc4ccc(Cl)cc4Cl)C(=O)C2CC2C(=CCn4c(=O)n(-c5ccccc5)c(=O)n42)C3c2cccc(O)c2)cc1. The summed E-state index contributed by atoms with van der Waals surface area (Å²) in [5.74, 6) is -2.47. The zero-order valence-electron chi connectivity index (χ0n) is 26.5. The first-order valence-electron chi connectivity index (χ1n) is 15.9. The topological polar surface area (TPSA) is 128 Å². The van der Waals surface area contributed by atoms with Gasteiger partial charge in [-0.3, -0.25) is 15.0 Å². The molecule has 0 spiro atoms. The number of phenols is 1. The number of methoxy groups -OCH3 is 1. The minimum absolute atomic E-state index is 0.0163. The van der Waals surface area contributed by atoms with Crippen molar-refractivity contribution in [2.24, 2.45) is 5.92 Å². The molecule has 3 heterocycles. The first-order chi connectivity index (χ1) is 24.1. The summed E-state index contributed by atoms with van der Waals surface area (Å²) in [5.41, 5.74) is 2.78. The molecule has 11 nitrogen and oxygen atoms in total. The Bertz CT molecular complexity index is 2350. The monoisotopic (exact) mass is 709 g/mol. The quantitative estimate of drug-likeness (QED) is 0.178. The van der Waals surface area contributed by atoms with E-state index >= 15 is 4.79 Å². The number of benzene rings is 4. The minimum Gasteiger partial charge on any atom is -0.508 e. The summed E-state index contributed by atoms with van der Waals surface area (Å²) in [7, 11) is 1.54. The third-order valence-electron chi connectivity index (χ3n) is 10.1. The Kier molecular flexibility index (Phi) is 7.50. The van der Waals surface area contributed by atoms with Gasteiger partial charge >= 0.3 is 11.4 Å². The van der Waals surface area contributed by atoms with Gasteiger partial charge in [0.1, 0.15) is 11.5 Å². The predicted molar refractivity (Wildman–Crippen MR) is 187 cm³/mol. The number of nitrogens with zero attached hydrogens (tertiary/aromatic N) is 4. The van der Waals surface area contributed by atoms with E-state index in [4.69, 9.17) is 27.9 Å². The van der Waals surface area contributed by atoms with Crippen LogP contribution < -0.4 is 21.5 Å². The highest BCUT2D eigenvalue weighted by molar-refractivity contribution is 6.36. The molecule has 4 aromatic carbocycles. The Morgan fingerprint density at radius 1 is 0.880 bits per heavy atom. The average Bonchev–Trinajstić information content (AvgIpc) is 3.50. The molecule has 1 aliphatic carbocycles. The summed E-state index contributed by atoms with van der Waals surface area (Å²) in [6.07, 6.45) is 1.88. The largest absolute Gasteiger partial charge is 0.508 e. The van der Waals surface area contributed by atoms with Crippen LogP contribution in [0.4, 0.5) is 5.69 Å². The van der Waals surface area contributed by atoms with Gasteiger partial charge in [0, 0.05) is 10.9 Å². The average molecular weight is 711 g/mol. The fourth-order valence-electron chi connectivity index (χ4n) is 7.98. The Morgan fingerprint density at radius 3 is 2.34 bits per heavy atom. The van der Waals surface area contributed by atoms with Gasteiger partial charge in [0.05, 0.1) is 47.4 Å². The lowest BCUT2D eigenvalue weighted by atomic mass is 9.53. The number of carbonyl (C=O) groups is 2. The van der Waals surface area contributed by atoms with E-state index in [9.17, 15) is 19.5 Å². The van der Waals surface area contributed by atoms with Crippen LogP contribution in [0.15, 0.2) is 118 Å². The molecule has 8 rings (SSSR count). The van der Waals surface area contributed by atoms with Crippen molar-refractivity contribution >= 4 is 40.7 Å². The number of phenolic OH excluding ortho intramolecular Hbond substituents is 1. The van der Waals surface area contributed by atoms with E-state index in [0.29, 0.717) is 33.2 Å². The fourth-order valence-corrected chi connectivity index (χ4v) is 8.43. The van der Waals surface area contributed by atoms with Gasteiger partial charge in [-0.2, -0.15) is 5.01 Å². The molecule has 0 radical (unpaired) electrons. The van der Waals surface area contributed by atoms with Crippen molar-refractivity contribution in [3.8, 4) is 17.2 Å². The maximum atomic E-state index is 15.2. The number of allylic oxidation sites excluding steroid dienone is 2. The lowest BCUT2D eigenvalue weighted by Gasteiger charge is -2.49. The van der Waals surface area contributed by atoms with Crippen LogP contribution >= 0.6 is 23.2 Å². The molecule has 2 fully saturated rings. The van der Waals surface area contributed by atoms with Crippen LogP contribution in [0.1, 0.15) is 29.5 Å². The normalized spacial score (nSPS) is 22.4. The molecule has 1 aromatic heterocycles. The third-order valence-corrected chi connectivity index (χ3v) is 10.6. The molecule has 0 bridgehead atoms. The van der Waals surface area contributed by atoms with Gasteiger partial charge in [0.15, 0.2) is 0 Å². The number of halogens is 2. The van der Waals surface area contributed by atoms with Crippen molar-refractivity contribution in [3.63, 3.8) is 0 Å². The van der Waals surface area contributed by atoms with Gasteiger partial charge in [0.2, 0.25) is 0 Å². The van der Waals surface area contributed by atoms with Gasteiger partial charge in [-0.15, -0.1) is 0 Å². The Labute approximate surface area is 295 Å².